The molecule has 118 valence electrons. The van der Waals surface area contributed by atoms with Crippen molar-refractivity contribution in [1.29, 1.82) is 0 Å². The number of fused-ring (bicyclic) bond motifs is 3. The highest BCUT2D eigenvalue weighted by molar-refractivity contribution is 5.86. The number of nitrogens with zero attached hydrogens (tertiary/aromatic N) is 1. The molecule has 2 heterocycles. The molecule has 2 aromatic carbocycles. The molecule has 2 bridgehead atoms. The second-order valence-electron chi connectivity index (χ2n) is 6.47. The van der Waals surface area contributed by atoms with Gasteiger partial charge in [0.05, 0.1) is 13.2 Å². The lowest BCUT2D eigenvalue weighted by atomic mass is 9.71. The summed E-state index contributed by atoms with van der Waals surface area (Å²) in [5.41, 5.74) is 2.42. The zero-order valence-corrected chi connectivity index (χ0v) is 13.3. The third-order valence-electron chi connectivity index (χ3n) is 5.25. The van der Waals surface area contributed by atoms with Crippen LogP contribution in [0.5, 0.6) is 5.75 Å². The molecular formula is C20H21NO2. The van der Waals surface area contributed by atoms with Crippen LogP contribution in [0.1, 0.15) is 30.9 Å². The third kappa shape index (κ3) is 2.40. The molecule has 2 saturated heterocycles. The Labute approximate surface area is 136 Å². The smallest absolute Gasteiger partial charge is 0.140 e. The largest absolute Gasteiger partial charge is 0.497 e. The lowest BCUT2D eigenvalue weighted by Gasteiger charge is -2.52. The third-order valence-corrected chi connectivity index (χ3v) is 5.25. The van der Waals surface area contributed by atoms with Crippen molar-refractivity contribution >= 4 is 11.5 Å². The van der Waals surface area contributed by atoms with Crippen LogP contribution in [0.2, 0.25) is 0 Å². The van der Waals surface area contributed by atoms with Gasteiger partial charge in [0, 0.05) is 24.1 Å². The Kier molecular flexibility index (Phi) is 3.56. The van der Waals surface area contributed by atoms with Gasteiger partial charge in [-0.3, -0.25) is 4.79 Å². The van der Waals surface area contributed by atoms with Crippen LogP contribution in [0.15, 0.2) is 54.6 Å². The lowest BCUT2D eigenvalue weighted by molar-refractivity contribution is -0.128. The maximum absolute atomic E-state index is 12.5. The minimum atomic E-state index is 0.115. The second kappa shape index (κ2) is 5.73. The summed E-state index contributed by atoms with van der Waals surface area (Å²) in [6, 6.07) is 19.1. The van der Waals surface area contributed by atoms with Crippen LogP contribution in [0.3, 0.4) is 0 Å². The molecule has 0 spiro atoms. The van der Waals surface area contributed by atoms with Crippen LogP contribution in [-0.2, 0) is 4.79 Å². The normalized spacial score (nSPS) is 26.4. The number of ketones is 1. The number of anilines is 1. The Morgan fingerprint density at radius 2 is 1.74 bits per heavy atom. The van der Waals surface area contributed by atoms with Gasteiger partial charge in [-0.15, -0.1) is 0 Å². The van der Waals surface area contributed by atoms with Crippen LogP contribution in [0.4, 0.5) is 5.69 Å². The monoisotopic (exact) mass is 307 g/mol. The molecule has 0 unspecified atom stereocenters. The van der Waals surface area contributed by atoms with Gasteiger partial charge in [0.15, 0.2) is 0 Å². The minimum absolute atomic E-state index is 0.115. The molecule has 3 aliphatic rings. The van der Waals surface area contributed by atoms with Gasteiger partial charge in [-0.1, -0.05) is 30.3 Å². The molecular weight excluding hydrogens is 286 g/mol. The van der Waals surface area contributed by atoms with Gasteiger partial charge in [-0.05, 0) is 42.7 Å². The van der Waals surface area contributed by atoms with Gasteiger partial charge >= 0.3 is 0 Å². The summed E-state index contributed by atoms with van der Waals surface area (Å²) in [6.07, 6.45) is 2.79. The number of rotatable bonds is 3. The van der Waals surface area contributed by atoms with Crippen molar-refractivity contribution in [3.8, 4) is 5.75 Å². The molecule has 0 aromatic heterocycles. The van der Waals surface area contributed by atoms with Gasteiger partial charge < -0.3 is 9.64 Å². The number of Topliss-reactive ketones (excluding diaryl/α,β-unsaturated/α-hetero) is 1. The number of carbonyl (C=O) groups excluding carboxylic acids is 1. The average molecular weight is 307 g/mol. The van der Waals surface area contributed by atoms with Crippen LogP contribution in [0, 0.1) is 5.92 Å². The Bertz CT molecular complexity index is 695. The van der Waals surface area contributed by atoms with Crippen molar-refractivity contribution in [2.45, 2.75) is 31.3 Å². The SMILES string of the molecule is COc1ccc(N2[C@@H]3CC[C@H](C(=O)C3)[C@H]2c2ccccc2)cc1. The number of hydrogen-bond donors (Lipinski definition) is 0. The summed E-state index contributed by atoms with van der Waals surface area (Å²) >= 11 is 0. The van der Waals surface area contributed by atoms with E-state index >= 15 is 0 Å². The van der Waals surface area contributed by atoms with E-state index in [4.69, 9.17) is 4.74 Å². The molecule has 0 amide bonds. The van der Waals surface area contributed by atoms with Gasteiger partial charge in [-0.25, -0.2) is 0 Å². The molecule has 3 atom stereocenters. The second-order valence-corrected chi connectivity index (χ2v) is 6.47. The number of benzene rings is 2. The first-order chi connectivity index (χ1) is 11.3. The van der Waals surface area contributed by atoms with Crippen LogP contribution >= 0.6 is 0 Å². The summed E-state index contributed by atoms with van der Waals surface area (Å²) < 4.78 is 5.27. The number of hydrogen-bond acceptors (Lipinski definition) is 3. The average Bonchev–Trinajstić information content (AvgIpc) is 2.62. The maximum Gasteiger partial charge on any atom is 0.140 e. The maximum atomic E-state index is 12.5. The quantitative estimate of drug-likeness (QED) is 0.858. The fourth-order valence-corrected chi connectivity index (χ4v) is 4.18. The van der Waals surface area contributed by atoms with Crippen LogP contribution < -0.4 is 9.64 Å². The highest BCUT2D eigenvalue weighted by Crippen LogP contribution is 2.47. The fraction of sp³-hybridized carbons (Fsp3) is 0.350. The molecule has 23 heavy (non-hydrogen) atoms. The van der Waals surface area contributed by atoms with E-state index in [1.165, 1.54) is 11.3 Å². The highest BCUT2D eigenvalue weighted by atomic mass is 16.5. The first-order valence-corrected chi connectivity index (χ1v) is 8.28. The standard InChI is InChI=1S/C20H21NO2/c1-23-17-10-7-15(8-11-17)21-16-9-12-18(19(22)13-16)20(21)14-5-3-2-4-6-14/h2-8,10-11,16,18,20H,9,12-13H2,1H3/t16-,18-,20-/m1/s1. The first-order valence-electron chi connectivity index (χ1n) is 8.28. The molecule has 0 radical (unpaired) electrons. The van der Waals surface area contributed by atoms with E-state index in [-0.39, 0.29) is 12.0 Å². The molecule has 0 N–H and O–H groups in total. The van der Waals surface area contributed by atoms with Crippen LogP contribution in [0.25, 0.3) is 0 Å². The van der Waals surface area contributed by atoms with Crippen LogP contribution in [-0.4, -0.2) is 18.9 Å². The minimum Gasteiger partial charge on any atom is -0.497 e. The summed E-state index contributed by atoms with van der Waals surface area (Å²) in [7, 11) is 1.68. The highest BCUT2D eigenvalue weighted by Gasteiger charge is 2.47. The van der Waals surface area contributed by atoms with Crippen molar-refractivity contribution < 1.29 is 9.53 Å². The zero-order valence-electron chi connectivity index (χ0n) is 13.3. The van der Waals surface area contributed by atoms with Gasteiger partial charge in [0.25, 0.3) is 0 Å². The van der Waals surface area contributed by atoms with Gasteiger partial charge in [0.1, 0.15) is 11.5 Å². The van der Waals surface area contributed by atoms with Gasteiger partial charge in [0.2, 0.25) is 0 Å². The summed E-state index contributed by atoms with van der Waals surface area (Å²) in [5, 5.41) is 0. The Morgan fingerprint density at radius 1 is 1.00 bits per heavy atom. The van der Waals surface area contributed by atoms with E-state index in [2.05, 4.69) is 41.3 Å². The lowest BCUT2D eigenvalue weighted by Crippen LogP contribution is -2.54. The van der Waals surface area contributed by atoms with E-state index < -0.39 is 0 Å². The van der Waals surface area contributed by atoms with Crippen molar-refractivity contribution in [3.63, 3.8) is 0 Å². The van der Waals surface area contributed by atoms with E-state index in [9.17, 15) is 4.79 Å². The van der Waals surface area contributed by atoms with E-state index in [1.54, 1.807) is 7.11 Å². The molecule has 5 rings (SSSR count). The Balaban J connectivity index is 1.76. The number of methoxy groups -OCH3 is 1. The van der Waals surface area contributed by atoms with E-state index in [1.807, 2.05) is 18.2 Å². The number of piperidine rings is 2. The molecule has 3 nitrogen and oxygen atoms in total. The van der Waals surface area contributed by atoms with Crippen molar-refractivity contribution in [2.75, 3.05) is 12.0 Å². The predicted octanol–water partition coefficient (Wildman–Crippen LogP) is 3.99. The molecule has 2 aliphatic heterocycles. The van der Waals surface area contributed by atoms with Crippen molar-refractivity contribution in [3.05, 3.63) is 60.2 Å². The van der Waals surface area contributed by atoms with E-state index in [0.29, 0.717) is 18.2 Å². The molecule has 3 heteroatoms. The topological polar surface area (TPSA) is 29.5 Å². The Hall–Kier alpha value is -2.29. The van der Waals surface area contributed by atoms with E-state index in [0.717, 1.165) is 18.6 Å². The summed E-state index contributed by atoms with van der Waals surface area (Å²) in [6.45, 7) is 0. The summed E-state index contributed by atoms with van der Waals surface area (Å²) in [5.74, 6) is 1.41. The summed E-state index contributed by atoms with van der Waals surface area (Å²) in [4.78, 5) is 14.9. The van der Waals surface area contributed by atoms with Crippen molar-refractivity contribution in [2.24, 2.45) is 5.92 Å². The van der Waals surface area contributed by atoms with Gasteiger partial charge in [-0.2, -0.15) is 0 Å². The van der Waals surface area contributed by atoms with Crippen molar-refractivity contribution in [1.82, 2.24) is 0 Å². The Morgan fingerprint density at radius 3 is 2.39 bits per heavy atom. The fourth-order valence-electron chi connectivity index (χ4n) is 4.18. The molecule has 3 fully saturated rings. The zero-order chi connectivity index (χ0) is 15.8. The first kappa shape index (κ1) is 14.3. The number of ether oxygens (including phenoxy) is 1. The predicted molar refractivity (Wildman–Crippen MR) is 90.8 cm³/mol. The number of carbonyl (C=O) groups is 1. The molecule has 2 aromatic rings. The molecule has 1 aliphatic carbocycles. The molecule has 1 saturated carbocycles.